The molecule has 1 unspecified atom stereocenters. The minimum Gasteiger partial charge on any atom is -0.355 e. The topological polar surface area (TPSA) is 49.4 Å². The van der Waals surface area contributed by atoms with Crippen LogP contribution in [0.5, 0.6) is 0 Å². The smallest absolute Gasteiger partial charge is 0.242 e. The molecular formula is C13H15FN2O2. The van der Waals surface area contributed by atoms with Gasteiger partial charge in [-0.05, 0) is 18.6 Å². The molecule has 1 amide bonds. The van der Waals surface area contributed by atoms with Gasteiger partial charge in [-0.3, -0.25) is 9.59 Å². The lowest BCUT2D eigenvalue weighted by atomic mass is 10.1. The summed E-state index contributed by atoms with van der Waals surface area (Å²) in [6, 6.07) is 3.94. The van der Waals surface area contributed by atoms with Gasteiger partial charge >= 0.3 is 0 Å². The number of piperazine rings is 1. The summed E-state index contributed by atoms with van der Waals surface area (Å²) in [5.41, 5.74) is 0.511. The van der Waals surface area contributed by atoms with Crippen LogP contribution in [0.3, 0.4) is 0 Å². The Morgan fingerprint density at radius 3 is 3.00 bits per heavy atom. The molecule has 0 aliphatic carbocycles. The van der Waals surface area contributed by atoms with Gasteiger partial charge in [0.1, 0.15) is 11.9 Å². The lowest BCUT2D eigenvalue weighted by molar-refractivity contribution is -0.123. The lowest BCUT2D eigenvalue weighted by Crippen LogP contribution is -2.55. The van der Waals surface area contributed by atoms with E-state index in [9.17, 15) is 14.0 Å². The van der Waals surface area contributed by atoms with E-state index in [0.29, 0.717) is 25.8 Å². The zero-order valence-corrected chi connectivity index (χ0v) is 10.1. The minimum atomic E-state index is -0.465. The molecule has 0 spiro atoms. The molecule has 0 aromatic heterocycles. The Morgan fingerprint density at radius 2 is 2.33 bits per heavy atom. The summed E-state index contributed by atoms with van der Waals surface area (Å²) in [5, 5.41) is 2.75. The molecule has 96 valence electrons. The normalized spacial score (nSPS) is 19.6. The maximum absolute atomic E-state index is 13.9. The van der Waals surface area contributed by atoms with Crippen molar-refractivity contribution in [1.29, 1.82) is 0 Å². The Hall–Kier alpha value is -1.91. The molecular weight excluding hydrogens is 235 g/mol. The number of carbonyl (C=O) groups is 2. The highest BCUT2D eigenvalue weighted by Gasteiger charge is 2.31. The molecule has 1 saturated heterocycles. The van der Waals surface area contributed by atoms with Crippen LogP contribution in [0.25, 0.3) is 0 Å². The number of hydrogen-bond acceptors (Lipinski definition) is 3. The van der Waals surface area contributed by atoms with Gasteiger partial charge in [0, 0.05) is 18.7 Å². The molecule has 5 heteroatoms. The Morgan fingerprint density at radius 1 is 1.56 bits per heavy atom. The van der Waals surface area contributed by atoms with Gasteiger partial charge in [-0.25, -0.2) is 4.39 Å². The van der Waals surface area contributed by atoms with Crippen LogP contribution >= 0.6 is 0 Å². The number of halogens is 1. The number of rotatable bonds is 3. The van der Waals surface area contributed by atoms with Crippen molar-refractivity contribution >= 4 is 17.9 Å². The summed E-state index contributed by atoms with van der Waals surface area (Å²) in [6.07, 6.45) is 1.19. The van der Waals surface area contributed by atoms with Crippen LogP contribution in [-0.4, -0.2) is 31.3 Å². The maximum Gasteiger partial charge on any atom is 0.242 e. The van der Waals surface area contributed by atoms with E-state index < -0.39 is 11.9 Å². The molecule has 4 nitrogen and oxygen atoms in total. The summed E-state index contributed by atoms with van der Waals surface area (Å²) < 4.78 is 13.9. The van der Waals surface area contributed by atoms with E-state index in [1.54, 1.807) is 11.0 Å². The van der Waals surface area contributed by atoms with Crippen LogP contribution < -0.4 is 10.2 Å². The molecule has 2 rings (SSSR count). The van der Waals surface area contributed by atoms with E-state index in [-0.39, 0.29) is 17.2 Å². The van der Waals surface area contributed by atoms with Gasteiger partial charge in [0.25, 0.3) is 0 Å². The molecule has 1 heterocycles. The molecule has 0 bridgehead atoms. The largest absolute Gasteiger partial charge is 0.355 e. The first-order valence-corrected chi connectivity index (χ1v) is 5.97. The summed E-state index contributed by atoms with van der Waals surface area (Å²) in [7, 11) is 0. The Kier molecular flexibility index (Phi) is 3.60. The van der Waals surface area contributed by atoms with Gasteiger partial charge in [-0.15, -0.1) is 0 Å². The third-order valence-electron chi connectivity index (χ3n) is 3.15. The number of hydrogen-bond donors (Lipinski definition) is 1. The number of para-hydroxylation sites is 1. The third-order valence-corrected chi connectivity index (χ3v) is 3.15. The van der Waals surface area contributed by atoms with Crippen LogP contribution in [0.2, 0.25) is 0 Å². The van der Waals surface area contributed by atoms with E-state index in [1.807, 2.05) is 6.92 Å². The molecule has 1 aliphatic heterocycles. The lowest BCUT2D eigenvalue weighted by Gasteiger charge is -2.37. The number of nitrogens with one attached hydrogen (secondary N) is 1. The van der Waals surface area contributed by atoms with Crippen molar-refractivity contribution in [2.75, 3.05) is 18.0 Å². The predicted molar refractivity (Wildman–Crippen MR) is 66.2 cm³/mol. The van der Waals surface area contributed by atoms with E-state index in [4.69, 9.17) is 0 Å². The molecule has 0 saturated carbocycles. The fourth-order valence-electron chi connectivity index (χ4n) is 2.32. The van der Waals surface area contributed by atoms with Crippen LogP contribution in [0, 0.1) is 5.82 Å². The fraction of sp³-hybridized carbons (Fsp3) is 0.385. The van der Waals surface area contributed by atoms with Gasteiger partial charge in [-0.1, -0.05) is 13.0 Å². The SMILES string of the molecule is CCC1C(=O)NCCN1c1c(F)cccc1C=O. The standard InChI is InChI=1S/C13H15FN2O2/c1-2-11-13(18)15-6-7-16(11)12-9(8-17)4-3-5-10(12)14/h3-5,8,11H,2,6-7H2,1H3,(H,15,18). The van der Waals surface area contributed by atoms with Crippen molar-refractivity contribution in [3.63, 3.8) is 0 Å². The summed E-state index contributed by atoms with van der Waals surface area (Å²) in [5.74, 6) is -0.586. The quantitative estimate of drug-likeness (QED) is 0.824. The van der Waals surface area contributed by atoms with Crippen molar-refractivity contribution in [1.82, 2.24) is 5.32 Å². The second-order valence-electron chi connectivity index (χ2n) is 4.20. The van der Waals surface area contributed by atoms with E-state index in [1.165, 1.54) is 12.1 Å². The molecule has 1 N–H and O–H groups in total. The van der Waals surface area contributed by atoms with E-state index in [2.05, 4.69) is 5.32 Å². The molecule has 1 aromatic rings. The van der Waals surface area contributed by atoms with Crippen molar-refractivity contribution < 1.29 is 14.0 Å². The average Bonchev–Trinajstić information content (AvgIpc) is 2.38. The minimum absolute atomic E-state index is 0.121. The van der Waals surface area contributed by atoms with Crippen LogP contribution in [0.1, 0.15) is 23.7 Å². The highest BCUT2D eigenvalue weighted by Crippen LogP contribution is 2.27. The zero-order chi connectivity index (χ0) is 13.1. The summed E-state index contributed by atoms with van der Waals surface area (Å²) in [6.45, 7) is 2.83. The van der Waals surface area contributed by atoms with E-state index in [0.717, 1.165) is 0 Å². The number of amides is 1. The van der Waals surface area contributed by atoms with Crippen LogP contribution in [0.4, 0.5) is 10.1 Å². The number of nitrogens with zero attached hydrogens (tertiary/aromatic N) is 1. The number of anilines is 1. The second kappa shape index (κ2) is 5.16. The maximum atomic E-state index is 13.9. The third kappa shape index (κ3) is 2.08. The fourth-order valence-corrected chi connectivity index (χ4v) is 2.32. The van der Waals surface area contributed by atoms with Crippen molar-refractivity contribution in [2.45, 2.75) is 19.4 Å². The Labute approximate surface area is 105 Å². The van der Waals surface area contributed by atoms with Gasteiger partial charge in [0.05, 0.1) is 5.69 Å². The number of carbonyl (C=O) groups excluding carboxylic acids is 2. The van der Waals surface area contributed by atoms with Gasteiger partial charge < -0.3 is 10.2 Å². The number of aldehydes is 1. The molecule has 0 radical (unpaired) electrons. The molecule has 1 aliphatic rings. The van der Waals surface area contributed by atoms with Gasteiger partial charge in [0.2, 0.25) is 5.91 Å². The first-order valence-electron chi connectivity index (χ1n) is 5.97. The van der Waals surface area contributed by atoms with Gasteiger partial charge in [0.15, 0.2) is 6.29 Å². The van der Waals surface area contributed by atoms with Gasteiger partial charge in [-0.2, -0.15) is 0 Å². The van der Waals surface area contributed by atoms with E-state index >= 15 is 0 Å². The van der Waals surface area contributed by atoms with Crippen LogP contribution in [0.15, 0.2) is 18.2 Å². The highest BCUT2D eigenvalue weighted by molar-refractivity contribution is 5.90. The molecule has 18 heavy (non-hydrogen) atoms. The van der Waals surface area contributed by atoms with Crippen LogP contribution in [-0.2, 0) is 4.79 Å². The summed E-state index contributed by atoms with van der Waals surface area (Å²) in [4.78, 5) is 24.4. The summed E-state index contributed by atoms with van der Waals surface area (Å²) >= 11 is 0. The number of benzene rings is 1. The molecule has 1 atom stereocenters. The zero-order valence-electron chi connectivity index (χ0n) is 10.1. The van der Waals surface area contributed by atoms with Crippen molar-refractivity contribution in [3.8, 4) is 0 Å². The predicted octanol–water partition coefficient (Wildman–Crippen LogP) is 1.35. The average molecular weight is 250 g/mol. The molecule has 1 fully saturated rings. The van der Waals surface area contributed by atoms with Crippen molar-refractivity contribution in [3.05, 3.63) is 29.6 Å². The highest BCUT2D eigenvalue weighted by atomic mass is 19.1. The molecule has 1 aromatic carbocycles. The Balaban J connectivity index is 2.46. The second-order valence-corrected chi connectivity index (χ2v) is 4.20. The first-order chi connectivity index (χ1) is 8.69. The Bertz CT molecular complexity index is 476. The van der Waals surface area contributed by atoms with Crippen molar-refractivity contribution in [2.24, 2.45) is 0 Å². The monoisotopic (exact) mass is 250 g/mol. The first kappa shape index (κ1) is 12.5.